The lowest BCUT2D eigenvalue weighted by molar-refractivity contribution is 0.575. The lowest BCUT2D eigenvalue weighted by Crippen LogP contribution is -1.97. The highest BCUT2D eigenvalue weighted by atomic mass is 16.3. The van der Waals surface area contributed by atoms with E-state index in [1.54, 1.807) is 10.9 Å². The zero-order valence-corrected chi connectivity index (χ0v) is 11.2. The first-order valence-electron chi connectivity index (χ1n) is 6.40. The van der Waals surface area contributed by atoms with Crippen molar-refractivity contribution in [3.63, 3.8) is 0 Å². The Hall–Kier alpha value is -2.69. The zero-order valence-electron chi connectivity index (χ0n) is 11.2. The van der Waals surface area contributed by atoms with Gasteiger partial charge in [0.2, 0.25) is 0 Å². The minimum Gasteiger partial charge on any atom is -0.461 e. The van der Waals surface area contributed by atoms with Gasteiger partial charge in [-0.05, 0) is 49.7 Å². The first kappa shape index (κ1) is 11.2. The van der Waals surface area contributed by atoms with Crippen molar-refractivity contribution in [1.29, 1.82) is 0 Å². The van der Waals surface area contributed by atoms with E-state index in [0.29, 0.717) is 0 Å². The first-order valence-corrected chi connectivity index (χ1v) is 6.40. The second-order valence-corrected chi connectivity index (χ2v) is 4.81. The molecule has 0 aliphatic heterocycles. The number of nitrogens with zero attached hydrogens (tertiary/aromatic N) is 4. The van der Waals surface area contributed by atoms with E-state index in [2.05, 4.69) is 28.3 Å². The van der Waals surface area contributed by atoms with Crippen LogP contribution >= 0.6 is 0 Å². The molecule has 20 heavy (non-hydrogen) atoms. The second-order valence-electron chi connectivity index (χ2n) is 4.81. The standard InChI is InChI=1S/C15H12N4O/c1-9-10(2)20-14-6-5-11(8-12(9)14)19-15-13(17-18-19)4-3-7-16-15/h3-8H,1-2H3. The molecule has 0 bridgehead atoms. The predicted octanol–water partition coefficient (Wildman–Crippen LogP) is 3.18. The highest BCUT2D eigenvalue weighted by Crippen LogP contribution is 2.27. The zero-order chi connectivity index (χ0) is 13.7. The van der Waals surface area contributed by atoms with Crippen LogP contribution in [0.25, 0.3) is 27.8 Å². The molecule has 5 heteroatoms. The molecule has 0 radical (unpaired) electrons. The maximum absolute atomic E-state index is 5.70. The molecule has 4 aromatic rings. The van der Waals surface area contributed by atoms with Crippen LogP contribution in [0.1, 0.15) is 11.3 Å². The summed E-state index contributed by atoms with van der Waals surface area (Å²) in [6.07, 6.45) is 1.74. The molecule has 3 heterocycles. The van der Waals surface area contributed by atoms with Crippen molar-refractivity contribution in [2.24, 2.45) is 0 Å². The number of hydrogen-bond donors (Lipinski definition) is 0. The van der Waals surface area contributed by atoms with Gasteiger partial charge in [-0.3, -0.25) is 0 Å². The van der Waals surface area contributed by atoms with Gasteiger partial charge in [-0.15, -0.1) is 5.10 Å². The van der Waals surface area contributed by atoms with Crippen LogP contribution in [0.4, 0.5) is 0 Å². The molecule has 98 valence electrons. The van der Waals surface area contributed by atoms with Crippen molar-refractivity contribution in [2.75, 3.05) is 0 Å². The lowest BCUT2D eigenvalue weighted by atomic mass is 10.1. The topological polar surface area (TPSA) is 56.7 Å². The molecule has 3 aromatic heterocycles. The monoisotopic (exact) mass is 264 g/mol. The van der Waals surface area contributed by atoms with Gasteiger partial charge in [-0.2, -0.15) is 4.68 Å². The average Bonchev–Trinajstić information content (AvgIpc) is 3.01. The van der Waals surface area contributed by atoms with E-state index in [-0.39, 0.29) is 0 Å². The van der Waals surface area contributed by atoms with E-state index in [4.69, 9.17) is 4.42 Å². The predicted molar refractivity (Wildman–Crippen MR) is 75.9 cm³/mol. The van der Waals surface area contributed by atoms with Crippen LogP contribution in [0.5, 0.6) is 0 Å². The van der Waals surface area contributed by atoms with Crippen LogP contribution in [-0.2, 0) is 0 Å². The fraction of sp³-hybridized carbons (Fsp3) is 0.133. The van der Waals surface area contributed by atoms with Gasteiger partial charge in [0.1, 0.15) is 16.9 Å². The summed E-state index contributed by atoms with van der Waals surface area (Å²) in [4.78, 5) is 4.34. The van der Waals surface area contributed by atoms with E-state index >= 15 is 0 Å². The van der Waals surface area contributed by atoms with Crippen LogP contribution in [0.15, 0.2) is 40.9 Å². The Bertz CT molecular complexity index is 936. The molecule has 0 aliphatic rings. The molecule has 0 atom stereocenters. The Kier molecular flexibility index (Phi) is 2.18. The molecule has 4 rings (SSSR count). The number of aromatic nitrogens is 4. The SMILES string of the molecule is Cc1oc2ccc(-n3nnc4cccnc43)cc2c1C. The molecule has 0 saturated heterocycles. The summed E-state index contributed by atoms with van der Waals surface area (Å²) >= 11 is 0. The molecular weight excluding hydrogens is 252 g/mol. The van der Waals surface area contributed by atoms with Gasteiger partial charge in [0.25, 0.3) is 0 Å². The molecule has 0 fully saturated rings. The van der Waals surface area contributed by atoms with Gasteiger partial charge in [0, 0.05) is 11.6 Å². The summed E-state index contributed by atoms with van der Waals surface area (Å²) in [5.74, 6) is 0.943. The largest absolute Gasteiger partial charge is 0.461 e. The van der Waals surface area contributed by atoms with Gasteiger partial charge in [-0.1, -0.05) is 5.21 Å². The quantitative estimate of drug-likeness (QED) is 0.530. The normalized spacial score (nSPS) is 11.5. The van der Waals surface area contributed by atoms with Gasteiger partial charge in [0.05, 0.1) is 5.69 Å². The summed E-state index contributed by atoms with van der Waals surface area (Å²) in [6, 6.07) is 9.74. The Morgan fingerprint density at radius 3 is 2.95 bits per heavy atom. The molecule has 0 spiro atoms. The third-order valence-corrected chi connectivity index (χ3v) is 3.61. The number of fused-ring (bicyclic) bond motifs is 2. The first-order chi connectivity index (χ1) is 9.74. The third kappa shape index (κ3) is 1.46. The fourth-order valence-electron chi connectivity index (χ4n) is 2.40. The summed E-state index contributed by atoms with van der Waals surface area (Å²) in [6.45, 7) is 4.03. The van der Waals surface area contributed by atoms with Crippen molar-refractivity contribution < 1.29 is 4.42 Å². The van der Waals surface area contributed by atoms with Crippen LogP contribution in [0.3, 0.4) is 0 Å². The molecule has 0 aliphatic carbocycles. The van der Waals surface area contributed by atoms with E-state index < -0.39 is 0 Å². The summed E-state index contributed by atoms with van der Waals surface area (Å²) in [5, 5.41) is 9.41. The number of pyridine rings is 1. The van der Waals surface area contributed by atoms with Crippen molar-refractivity contribution in [2.45, 2.75) is 13.8 Å². The van der Waals surface area contributed by atoms with Crippen molar-refractivity contribution in [3.8, 4) is 5.69 Å². The number of aryl methyl sites for hydroxylation is 2. The molecule has 0 N–H and O–H groups in total. The van der Waals surface area contributed by atoms with E-state index in [0.717, 1.165) is 39.1 Å². The molecule has 0 saturated carbocycles. The Balaban J connectivity index is 2.00. The molecular formula is C15H12N4O. The number of benzene rings is 1. The van der Waals surface area contributed by atoms with E-state index in [1.165, 1.54) is 0 Å². The molecule has 5 nitrogen and oxygen atoms in total. The van der Waals surface area contributed by atoms with Crippen molar-refractivity contribution >= 4 is 22.1 Å². The summed E-state index contributed by atoms with van der Waals surface area (Å²) in [7, 11) is 0. The minimum atomic E-state index is 0.754. The Morgan fingerprint density at radius 1 is 1.15 bits per heavy atom. The highest BCUT2D eigenvalue weighted by molar-refractivity contribution is 5.84. The van der Waals surface area contributed by atoms with Crippen LogP contribution < -0.4 is 0 Å². The van der Waals surface area contributed by atoms with Crippen LogP contribution in [-0.4, -0.2) is 20.0 Å². The summed E-state index contributed by atoms with van der Waals surface area (Å²) in [5.41, 5.74) is 4.51. The molecule has 1 aromatic carbocycles. The average molecular weight is 264 g/mol. The van der Waals surface area contributed by atoms with Crippen molar-refractivity contribution in [1.82, 2.24) is 20.0 Å². The Morgan fingerprint density at radius 2 is 2.05 bits per heavy atom. The van der Waals surface area contributed by atoms with E-state index in [9.17, 15) is 0 Å². The minimum absolute atomic E-state index is 0.754. The van der Waals surface area contributed by atoms with Crippen LogP contribution in [0.2, 0.25) is 0 Å². The van der Waals surface area contributed by atoms with Crippen molar-refractivity contribution in [3.05, 3.63) is 47.9 Å². The number of hydrogen-bond acceptors (Lipinski definition) is 4. The van der Waals surface area contributed by atoms with E-state index in [1.807, 2.05) is 31.2 Å². The van der Waals surface area contributed by atoms with Gasteiger partial charge >= 0.3 is 0 Å². The van der Waals surface area contributed by atoms with Crippen LogP contribution in [0, 0.1) is 13.8 Å². The Labute approximate surface area is 114 Å². The second kappa shape index (κ2) is 3.90. The van der Waals surface area contributed by atoms with Gasteiger partial charge in [-0.25, -0.2) is 4.98 Å². The number of furan rings is 1. The summed E-state index contributed by atoms with van der Waals surface area (Å²) < 4.78 is 7.44. The molecule has 0 unspecified atom stereocenters. The highest BCUT2D eigenvalue weighted by Gasteiger charge is 2.11. The maximum Gasteiger partial charge on any atom is 0.183 e. The third-order valence-electron chi connectivity index (χ3n) is 3.61. The smallest absolute Gasteiger partial charge is 0.183 e. The maximum atomic E-state index is 5.70. The fourth-order valence-corrected chi connectivity index (χ4v) is 2.40. The van der Waals surface area contributed by atoms with Gasteiger partial charge < -0.3 is 4.42 Å². The lowest BCUT2D eigenvalue weighted by Gasteiger charge is -2.01. The van der Waals surface area contributed by atoms with Gasteiger partial charge in [0.15, 0.2) is 5.65 Å². The molecule has 0 amide bonds. The number of rotatable bonds is 1.